The van der Waals surface area contributed by atoms with Gasteiger partial charge in [0.25, 0.3) is 0 Å². The van der Waals surface area contributed by atoms with Crippen LogP contribution in [0.1, 0.15) is 11.1 Å². The molecule has 0 fully saturated rings. The molecular weight excluding hydrogens is 418 g/mol. The molecule has 1 heterocycles. The molecule has 0 saturated heterocycles. The number of thiocarbonyl (C=S) groups is 1. The number of fused-ring (bicyclic) bond motifs is 1. The third-order valence-corrected chi connectivity index (χ3v) is 4.98. The minimum Gasteiger partial charge on any atom is -0.436 e. The molecule has 0 saturated carbocycles. The number of carbonyl (C=O) groups is 1. The summed E-state index contributed by atoms with van der Waals surface area (Å²) in [5, 5.41) is 6.66. The van der Waals surface area contributed by atoms with Crippen LogP contribution in [0.3, 0.4) is 0 Å². The first-order valence-electron chi connectivity index (χ1n) is 9.34. The number of rotatable bonds is 5. The molecule has 2 N–H and O–H groups in total. The Labute approximate surface area is 184 Å². The summed E-state index contributed by atoms with van der Waals surface area (Å²) in [5.41, 5.74) is 4.38. The highest BCUT2D eigenvalue weighted by Gasteiger charge is 2.09. The maximum absolute atomic E-state index is 12.1. The first-order valence-corrected chi connectivity index (χ1v) is 10.1. The number of aromatic nitrogens is 1. The summed E-state index contributed by atoms with van der Waals surface area (Å²) in [7, 11) is 0. The molecule has 0 aliphatic rings. The summed E-state index contributed by atoms with van der Waals surface area (Å²) in [6, 6.07) is 22.6. The van der Waals surface area contributed by atoms with Crippen LogP contribution in [0, 0.1) is 0 Å². The first kappa shape index (κ1) is 20.1. The zero-order valence-corrected chi connectivity index (χ0v) is 17.5. The molecule has 4 aromatic rings. The molecule has 0 atom stereocenters. The molecule has 3 aromatic carbocycles. The lowest BCUT2D eigenvalue weighted by Crippen LogP contribution is -2.39. The van der Waals surface area contributed by atoms with Crippen LogP contribution in [-0.2, 0) is 17.8 Å². The highest BCUT2D eigenvalue weighted by Crippen LogP contribution is 2.24. The number of oxazole rings is 1. The van der Waals surface area contributed by atoms with Crippen molar-refractivity contribution in [2.45, 2.75) is 13.0 Å². The monoisotopic (exact) mass is 435 g/mol. The van der Waals surface area contributed by atoms with Crippen molar-refractivity contribution in [2.75, 3.05) is 0 Å². The second-order valence-corrected chi connectivity index (χ2v) is 7.56. The van der Waals surface area contributed by atoms with E-state index in [0.717, 1.165) is 27.8 Å². The van der Waals surface area contributed by atoms with E-state index < -0.39 is 0 Å². The molecule has 0 aliphatic carbocycles. The molecule has 5 nitrogen and oxygen atoms in total. The van der Waals surface area contributed by atoms with Gasteiger partial charge in [0.1, 0.15) is 5.52 Å². The molecule has 1 amide bonds. The lowest BCUT2D eigenvalue weighted by atomic mass is 10.1. The van der Waals surface area contributed by atoms with Gasteiger partial charge in [0.05, 0.1) is 6.42 Å². The largest absolute Gasteiger partial charge is 0.436 e. The van der Waals surface area contributed by atoms with E-state index in [-0.39, 0.29) is 17.4 Å². The summed E-state index contributed by atoms with van der Waals surface area (Å²) in [6.45, 7) is 0.494. The van der Waals surface area contributed by atoms with Crippen molar-refractivity contribution in [3.8, 4) is 11.5 Å². The number of benzene rings is 3. The average Bonchev–Trinajstić information content (AvgIpc) is 3.18. The minimum absolute atomic E-state index is 0.180. The second kappa shape index (κ2) is 9.07. The van der Waals surface area contributed by atoms with Gasteiger partial charge in [-0.3, -0.25) is 4.79 Å². The summed E-state index contributed by atoms with van der Waals surface area (Å²) < 4.78 is 5.79. The molecule has 0 radical (unpaired) electrons. The maximum atomic E-state index is 12.1. The number of carbonyl (C=O) groups excluding carboxylic acids is 1. The predicted octanol–water partition coefficient (Wildman–Crippen LogP) is 4.88. The van der Waals surface area contributed by atoms with Gasteiger partial charge in [-0.2, -0.15) is 0 Å². The SMILES string of the molecule is O=C(Cc1ccc(Cl)cc1)NC(=S)NCc1ccc(-c2nc3ccccc3o2)cc1. The minimum atomic E-state index is -0.180. The van der Waals surface area contributed by atoms with Gasteiger partial charge in [-0.15, -0.1) is 0 Å². The fraction of sp³-hybridized carbons (Fsp3) is 0.0870. The number of nitrogens with one attached hydrogen (secondary N) is 2. The van der Waals surface area contributed by atoms with Crippen molar-refractivity contribution >= 4 is 45.9 Å². The summed E-state index contributed by atoms with van der Waals surface area (Å²) in [6.07, 6.45) is 0.234. The van der Waals surface area contributed by atoms with Crippen LogP contribution in [0.25, 0.3) is 22.6 Å². The summed E-state index contributed by atoms with van der Waals surface area (Å²) >= 11 is 11.1. The fourth-order valence-electron chi connectivity index (χ4n) is 2.95. The number of para-hydroxylation sites is 2. The van der Waals surface area contributed by atoms with Crippen LogP contribution in [-0.4, -0.2) is 16.0 Å². The number of hydrogen-bond acceptors (Lipinski definition) is 4. The van der Waals surface area contributed by atoms with Crippen LogP contribution in [0.5, 0.6) is 0 Å². The Morgan fingerprint density at radius 1 is 0.967 bits per heavy atom. The smallest absolute Gasteiger partial charge is 0.230 e. The van der Waals surface area contributed by atoms with Crippen molar-refractivity contribution in [2.24, 2.45) is 0 Å². The number of nitrogens with zero attached hydrogens (tertiary/aromatic N) is 1. The zero-order chi connectivity index (χ0) is 20.9. The van der Waals surface area contributed by atoms with Gasteiger partial charge in [-0.1, -0.05) is 48.0 Å². The van der Waals surface area contributed by atoms with Gasteiger partial charge in [-0.05, 0) is 59.7 Å². The molecule has 0 unspecified atom stereocenters. The van der Waals surface area contributed by atoms with E-state index >= 15 is 0 Å². The normalized spacial score (nSPS) is 10.7. The van der Waals surface area contributed by atoms with E-state index in [1.807, 2.05) is 60.7 Å². The lowest BCUT2D eigenvalue weighted by Gasteiger charge is -2.10. The first-order chi connectivity index (χ1) is 14.6. The van der Waals surface area contributed by atoms with Crippen molar-refractivity contribution in [3.05, 3.63) is 88.9 Å². The van der Waals surface area contributed by atoms with Gasteiger partial charge >= 0.3 is 0 Å². The van der Waals surface area contributed by atoms with E-state index in [1.165, 1.54) is 0 Å². The van der Waals surface area contributed by atoms with Gasteiger partial charge in [0.15, 0.2) is 10.7 Å². The number of hydrogen-bond donors (Lipinski definition) is 2. The molecule has 150 valence electrons. The molecule has 4 rings (SSSR count). The average molecular weight is 436 g/mol. The Bertz CT molecular complexity index is 1150. The Kier molecular flexibility index (Phi) is 6.07. The van der Waals surface area contributed by atoms with E-state index in [0.29, 0.717) is 17.5 Å². The quantitative estimate of drug-likeness (QED) is 0.437. The molecule has 30 heavy (non-hydrogen) atoms. The highest BCUT2D eigenvalue weighted by molar-refractivity contribution is 7.80. The van der Waals surface area contributed by atoms with Crippen molar-refractivity contribution in [3.63, 3.8) is 0 Å². The molecule has 0 spiro atoms. The van der Waals surface area contributed by atoms with Crippen LogP contribution in [0.15, 0.2) is 77.2 Å². The molecule has 0 aliphatic heterocycles. The van der Waals surface area contributed by atoms with Gasteiger partial charge < -0.3 is 15.1 Å². The zero-order valence-electron chi connectivity index (χ0n) is 15.9. The van der Waals surface area contributed by atoms with Crippen molar-refractivity contribution in [1.29, 1.82) is 0 Å². The van der Waals surface area contributed by atoms with Gasteiger partial charge in [0, 0.05) is 17.1 Å². The molecule has 0 bridgehead atoms. The fourth-order valence-corrected chi connectivity index (χ4v) is 3.26. The van der Waals surface area contributed by atoms with Crippen LogP contribution in [0.2, 0.25) is 5.02 Å². The molecule has 1 aromatic heterocycles. The van der Waals surface area contributed by atoms with Crippen LogP contribution < -0.4 is 10.6 Å². The van der Waals surface area contributed by atoms with Crippen LogP contribution in [0.4, 0.5) is 0 Å². The third-order valence-electron chi connectivity index (χ3n) is 4.48. The standard InChI is InChI=1S/C23H18ClN3O2S/c24-18-11-7-15(8-12-18)13-21(28)27-23(30)25-14-16-5-9-17(10-6-16)22-26-19-3-1-2-4-20(19)29-22/h1-12H,13-14H2,(H2,25,27,28,30). The number of halogens is 1. The van der Waals surface area contributed by atoms with Crippen molar-refractivity contribution in [1.82, 2.24) is 15.6 Å². The van der Waals surface area contributed by atoms with Crippen molar-refractivity contribution < 1.29 is 9.21 Å². The topological polar surface area (TPSA) is 67.2 Å². The number of amides is 1. The Morgan fingerprint density at radius 2 is 1.67 bits per heavy atom. The van der Waals surface area contributed by atoms with Gasteiger partial charge in [-0.25, -0.2) is 4.98 Å². The Balaban J connectivity index is 1.29. The van der Waals surface area contributed by atoms with Crippen LogP contribution >= 0.6 is 23.8 Å². The van der Waals surface area contributed by atoms with E-state index in [1.54, 1.807) is 12.1 Å². The third kappa shape index (κ3) is 5.03. The predicted molar refractivity (Wildman–Crippen MR) is 122 cm³/mol. The summed E-state index contributed by atoms with van der Waals surface area (Å²) in [5.74, 6) is 0.404. The van der Waals surface area contributed by atoms with E-state index in [9.17, 15) is 4.79 Å². The van der Waals surface area contributed by atoms with Gasteiger partial charge in [0.2, 0.25) is 11.8 Å². The second-order valence-electron chi connectivity index (χ2n) is 6.72. The lowest BCUT2D eigenvalue weighted by molar-refractivity contribution is -0.119. The highest BCUT2D eigenvalue weighted by atomic mass is 35.5. The Morgan fingerprint density at radius 3 is 2.40 bits per heavy atom. The molecular formula is C23H18ClN3O2S. The maximum Gasteiger partial charge on any atom is 0.230 e. The van der Waals surface area contributed by atoms with E-state index in [2.05, 4.69) is 15.6 Å². The summed E-state index contributed by atoms with van der Waals surface area (Å²) in [4.78, 5) is 16.6. The Hall–Kier alpha value is -3.22. The van der Waals surface area contributed by atoms with E-state index in [4.69, 9.17) is 28.2 Å². The molecule has 7 heteroatoms.